The van der Waals surface area contributed by atoms with E-state index in [0.717, 1.165) is 44.2 Å². The molecule has 8 nitrogen and oxygen atoms in total. The Kier molecular flexibility index (Phi) is 6.29. The average molecular weight is 450 g/mol. The zero-order valence-corrected chi connectivity index (χ0v) is 18.3. The van der Waals surface area contributed by atoms with Crippen LogP contribution >= 0.6 is 11.8 Å². The van der Waals surface area contributed by atoms with Crippen molar-refractivity contribution in [2.24, 2.45) is 0 Å². The van der Waals surface area contributed by atoms with E-state index >= 15 is 0 Å². The van der Waals surface area contributed by atoms with Crippen LogP contribution in [0.1, 0.15) is 5.56 Å². The van der Waals surface area contributed by atoms with Crippen molar-refractivity contribution in [3.8, 4) is 11.6 Å². The molecule has 2 aromatic carbocycles. The highest BCUT2D eigenvalue weighted by atomic mass is 32.2. The number of hydrogen-bond donors (Lipinski definition) is 0. The summed E-state index contributed by atoms with van der Waals surface area (Å²) in [6.45, 7) is 4.78. The van der Waals surface area contributed by atoms with Gasteiger partial charge >= 0.3 is 0 Å². The van der Waals surface area contributed by atoms with Gasteiger partial charge in [-0.1, -0.05) is 60.3 Å². The molecule has 0 spiro atoms. The molecule has 0 radical (unpaired) electrons. The molecule has 1 aliphatic rings. The van der Waals surface area contributed by atoms with Gasteiger partial charge in [-0.05, 0) is 11.6 Å². The van der Waals surface area contributed by atoms with Crippen molar-refractivity contribution in [2.45, 2.75) is 11.8 Å². The highest BCUT2D eigenvalue weighted by Gasteiger charge is 2.18. The number of nitrogens with zero attached hydrogens (tertiary/aromatic N) is 5. The molecule has 0 amide bonds. The first-order chi connectivity index (χ1) is 15.8. The predicted molar refractivity (Wildman–Crippen MR) is 123 cm³/mol. The van der Waals surface area contributed by atoms with E-state index in [2.05, 4.69) is 20.2 Å². The fourth-order valence-corrected chi connectivity index (χ4v) is 4.47. The third-order valence-corrected chi connectivity index (χ3v) is 6.19. The van der Waals surface area contributed by atoms with E-state index in [9.17, 15) is 4.79 Å². The maximum absolute atomic E-state index is 13.0. The second kappa shape index (κ2) is 9.64. The Morgan fingerprint density at radius 3 is 2.50 bits per heavy atom. The van der Waals surface area contributed by atoms with Gasteiger partial charge in [0.2, 0.25) is 0 Å². The van der Waals surface area contributed by atoms with Crippen LogP contribution in [0.5, 0.6) is 0 Å². The van der Waals surface area contributed by atoms with Gasteiger partial charge in [0.15, 0.2) is 5.69 Å². The number of aromatic nitrogens is 4. The minimum Gasteiger partial charge on any atom is -0.410 e. The molecule has 1 saturated heterocycles. The van der Waals surface area contributed by atoms with E-state index in [4.69, 9.17) is 9.15 Å². The molecule has 0 saturated carbocycles. The summed E-state index contributed by atoms with van der Waals surface area (Å²) >= 11 is 1.53. The quantitative estimate of drug-likeness (QED) is 0.398. The van der Waals surface area contributed by atoms with Gasteiger partial charge in [-0.25, -0.2) is 4.68 Å². The number of ether oxygens (including phenoxy) is 1. The van der Waals surface area contributed by atoms with Gasteiger partial charge in [0.25, 0.3) is 16.7 Å². The first-order valence-corrected chi connectivity index (χ1v) is 11.6. The first kappa shape index (κ1) is 20.9. The Balaban J connectivity index is 1.41. The number of morpholine rings is 1. The molecule has 1 fully saturated rings. The van der Waals surface area contributed by atoms with Gasteiger partial charge in [-0.3, -0.25) is 9.69 Å². The van der Waals surface area contributed by atoms with E-state index in [1.165, 1.54) is 16.4 Å². The van der Waals surface area contributed by atoms with Crippen LogP contribution < -0.4 is 5.56 Å². The van der Waals surface area contributed by atoms with Crippen LogP contribution in [0.2, 0.25) is 0 Å². The third-order valence-electron chi connectivity index (χ3n) is 5.39. The SMILES string of the molecule is O=c1c2ccccc2c(-c2nnc(SCCN3CCOCC3)o2)nn1Cc1ccccc1. The molecule has 5 rings (SSSR count). The molecule has 9 heteroatoms. The second-order valence-electron chi connectivity index (χ2n) is 7.52. The van der Waals surface area contributed by atoms with Crippen molar-refractivity contribution < 1.29 is 9.15 Å². The minimum absolute atomic E-state index is 0.146. The molecule has 0 bridgehead atoms. The summed E-state index contributed by atoms with van der Waals surface area (Å²) in [4.78, 5) is 15.4. The number of benzene rings is 2. The van der Waals surface area contributed by atoms with E-state index in [1.807, 2.05) is 48.5 Å². The van der Waals surface area contributed by atoms with Gasteiger partial charge in [0.1, 0.15) is 0 Å². The molecular formula is C23H23N5O3S. The van der Waals surface area contributed by atoms with Crippen LogP contribution in [0.3, 0.4) is 0 Å². The molecule has 0 N–H and O–H groups in total. The van der Waals surface area contributed by atoms with Crippen LogP contribution in [0.25, 0.3) is 22.4 Å². The van der Waals surface area contributed by atoms with Gasteiger partial charge < -0.3 is 9.15 Å². The smallest absolute Gasteiger partial charge is 0.276 e. The summed E-state index contributed by atoms with van der Waals surface area (Å²) in [7, 11) is 0. The maximum Gasteiger partial charge on any atom is 0.276 e. The van der Waals surface area contributed by atoms with Crippen molar-refractivity contribution in [2.75, 3.05) is 38.6 Å². The van der Waals surface area contributed by atoms with Crippen LogP contribution in [0.4, 0.5) is 0 Å². The van der Waals surface area contributed by atoms with Crippen molar-refractivity contribution in [3.63, 3.8) is 0 Å². The summed E-state index contributed by atoms with van der Waals surface area (Å²) in [5, 5.41) is 14.8. The van der Waals surface area contributed by atoms with Crippen LogP contribution in [-0.4, -0.2) is 63.5 Å². The highest BCUT2D eigenvalue weighted by Crippen LogP contribution is 2.26. The molecule has 1 aliphatic heterocycles. The van der Waals surface area contributed by atoms with Gasteiger partial charge in [0.05, 0.1) is 25.1 Å². The molecule has 4 aromatic rings. The normalized spacial score (nSPS) is 14.8. The van der Waals surface area contributed by atoms with Gasteiger partial charge in [0, 0.05) is 30.8 Å². The van der Waals surface area contributed by atoms with Gasteiger partial charge in [-0.2, -0.15) is 5.10 Å². The van der Waals surface area contributed by atoms with Crippen molar-refractivity contribution in [3.05, 3.63) is 70.5 Å². The standard InChI is InChI=1S/C23H23N5O3S/c29-22-19-9-5-4-8-18(19)20(26-28(22)16-17-6-2-1-3-7-17)21-24-25-23(31-21)32-15-12-27-10-13-30-14-11-27/h1-9H,10-16H2. The Morgan fingerprint density at radius 2 is 1.69 bits per heavy atom. The van der Waals surface area contributed by atoms with Crippen molar-refractivity contribution >= 4 is 22.5 Å². The molecule has 0 unspecified atom stereocenters. The number of fused-ring (bicyclic) bond motifs is 1. The highest BCUT2D eigenvalue weighted by molar-refractivity contribution is 7.99. The van der Waals surface area contributed by atoms with Crippen LogP contribution in [-0.2, 0) is 11.3 Å². The Hall–Kier alpha value is -3.01. The molecule has 32 heavy (non-hydrogen) atoms. The summed E-state index contributed by atoms with van der Waals surface area (Å²) in [5.41, 5.74) is 1.37. The zero-order valence-electron chi connectivity index (χ0n) is 17.5. The summed E-state index contributed by atoms with van der Waals surface area (Å²) in [5.74, 6) is 1.17. The lowest BCUT2D eigenvalue weighted by atomic mass is 10.1. The first-order valence-electron chi connectivity index (χ1n) is 10.6. The average Bonchev–Trinajstić information content (AvgIpc) is 3.31. The predicted octanol–water partition coefficient (Wildman–Crippen LogP) is 2.92. The molecular weight excluding hydrogens is 426 g/mol. The van der Waals surface area contributed by atoms with E-state index in [0.29, 0.717) is 34.1 Å². The van der Waals surface area contributed by atoms with Crippen molar-refractivity contribution in [1.82, 2.24) is 24.9 Å². The Labute approximate surface area is 189 Å². The van der Waals surface area contributed by atoms with Crippen LogP contribution in [0.15, 0.2) is 69.0 Å². The topological polar surface area (TPSA) is 86.3 Å². The fraction of sp³-hybridized carbons (Fsp3) is 0.304. The molecule has 164 valence electrons. The number of hydrogen-bond acceptors (Lipinski definition) is 8. The number of rotatable bonds is 7. The van der Waals surface area contributed by atoms with Crippen molar-refractivity contribution in [1.29, 1.82) is 0 Å². The number of thioether (sulfide) groups is 1. The lowest BCUT2D eigenvalue weighted by Crippen LogP contribution is -2.37. The third kappa shape index (κ3) is 4.59. The zero-order chi connectivity index (χ0) is 21.8. The van der Waals surface area contributed by atoms with Gasteiger partial charge in [-0.15, -0.1) is 10.2 Å². The lowest BCUT2D eigenvalue weighted by Gasteiger charge is -2.25. The fourth-order valence-electron chi connectivity index (χ4n) is 3.71. The summed E-state index contributed by atoms with van der Waals surface area (Å²) < 4.78 is 12.8. The van der Waals surface area contributed by atoms with E-state index in [1.54, 1.807) is 6.07 Å². The molecule has 0 atom stereocenters. The lowest BCUT2D eigenvalue weighted by molar-refractivity contribution is 0.0410. The maximum atomic E-state index is 13.0. The van der Waals surface area contributed by atoms with E-state index in [-0.39, 0.29) is 5.56 Å². The molecule has 3 heterocycles. The second-order valence-corrected chi connectivity index (χ2v) is 8.56. The Morgan fingerprint density at radius 1 is 0.938 bits per heavy atom. The monoisotopic (exact) mass is 449 g/mol. The van der Waals surface area contributed by atoms with Crippen LogP contribution in [0, 0.1) is 0 Å². The Bertz CT molecular complexity index is 1250. The van der Waals surface area contributed by atoms with E-state index < -0.39 is 0 Å². The molecule has 0 aliphatic carbocycles. The molecule has 2 aromatic heterocycles. The minimum atomic E-state index is -0.146. The summed E-state index contributed by atoms with van der Waals surface area (Å²) in [6.07, 6.45) is 0. The largest absolute Gasteiger partial charge is 0.410 e. The summed E-state index contributed by atoms with van der Waals surface area (Å²) in [6, 6.07) is 17.2.